The van der Waals surface area contributed by atoms with Gasteiger partial charge in [-0.25, -0.2) is 8.78 Å². The second kappa shape index (κ2) is 4.39. The summed E-state index contributed by atoms with van der Waals surface area (Å²) in [6.45, 7) is 1.42. The number of halogens is 2. The fourth-order valence-electron chi connectivity index (χ4n) is 2.52. The molecule has 1 N–H and O–H groups in total. The van der Waals surface area contributed by atoms with E-state index in [4.69, 9.17) is 9.47 Å². The summed E-state index contributed by atoms with van der Waals surface area (Å²) in [4.78, 5) is 0. The summed E-state index contributed by atoms with van der Waals surface area (Å²) in [7, 11) is 0. The Kier molecular flexibility index (Phi) is 2.86. The van der Waals surface area contributed by atoms with Gasteiger partial charge in [-0.1, -0.05) is 0 Å². The number of benzene rings is 1. The van der Waals surface area contributed by atoms with Crippen LogP contribution in [0.25, 0.3) is 0 Å². The van der Waals surface area contributed by atoms with E-state index in [1.807, 2.05) is 0 Å². The van der Waals surface area contributed by atoms with Crippen molar-refractivity contribution in [1.82, 2.24) is 5.32 Å². The van der Waals surface area contributed by atoms with Crippen molar-refractivity contribution in [3.8, 4) is 11.5 Å². The minimum Gasteiger partial charge on any atom is -0.454 e. The van der Waals surface area contributed by atoms with Crippen LogP contribution in [0.1, 0.15) is 18.4 Å². The molecule has 1 fully saturated rings. The third-order valence-electron chi connectivity index (χ3n) is 3.61. The first-order chi connectivity index (χ1) is 8.68. The molecule has 1 aromatic carbocycles. The highest BCUT2D eigenvalue weighted by molar-refractivity contribution is 5.45. The Bertz CT molecular complexity index is 445. The van der Waals surface area contributed by atoms with Gasteiger partial charge in [-0.2, -0.15) is 0 Å². The number of piperidine rings is 1. The molecule has 0 radical (unpaired) electrons. The van der Waals surface area contributed by atoms with Gasteiger partial charge in [-0.3, -0.25) is 0 Å². The number of rotatable bonds is 2. The molecule has 98 valence electrons. The lowest BCUT2D eigenvalue weighted by Gasteiger charge is -2.30. The molecule has 0 amide bonds. The highest BCUT2D eigenvalue weighted by atomic mass is 19.3. The van der Waals surface area contributed by atoms with Crippen molar-refractivity contribution in [1.29, 1.82) is 0 Å². The zero-order chi connectivity index (χ0) is 12.6. The molecule has 2 heterocycles. The lowest BCUT2D eigenvalue weighted by molar-refractivity contribution is -0.0754. The van der Waals surface area contributed by atoms with Crippen LogP contribution in [0.5, 0.6) is 11.5 Å². The molecular formula is C13H15F2NO2. The summed E-state index contributed by atoms with van der Waals surface area (Å²) in [6.07, 6.45) is 1.00. The molecule has 0 saturated carbocycles. The van der Waals surface area contributed by atoms with E-state index in [-0.39, 0.29) is 12.4 Å². The van der Waals surface area contributed by atoms with E-state index < -0.39 is 11.8 Å². The van der Waals surface area contributed by atoms with Crippen LogP contribution < -0.4 is 14.8 Å². The number of alkyl halides is 2. The van der Waals surface area contributed by atoms with Crippen molar-refractivity contribution in [3.05, 3.63) is 23.8 Å². The molecule has 0 aliphatic carbocycles. The van der Waals surface area contributed by atoms with Crippen molar-refractivity contribution >= 4 is 0 Å². The van der Waals surface area contributed by atoms with E-state index >= 15 is 0 Å². The maximum Gasteiger partial charge on any atom is 0.276 e. The summed E-state index contributed by atoms with van der Waals surface area (Å²) in [5.74, 6) is -2.44. The first-order valence-electron chi connectivity index (χ1n) is 6.16. The van der Waals surface area contributed by atoms with Gasteiger partial charge < -0.3 is 14.8 Å². The molecule has 0 unspecified atom stereocenters. The van der Waals surface area contributed by atoms with E-state index in [1.165, 1.54) is 12.1 Å². The van der Waals surface area contributed by atoms with Crippen LogP contribution >= 0.6 is 0 Å². The van der Waals surface area contributed by atoms with Crippen molar-refractivity contribution in [2.45, 2.75) is 18.8 Å². The fourth-order valence-corrected chi connectivity index (χ4v) is 2.52. The van der Waals surface area contributed by atoms with Crippen LogP contribution in [-0.2, 0) is 5.92 Å². The zero-order valence-corrected chi connectivity index (χ0v) is 9.92. The maximum absolute atomic E-state index is 14.4. The maximum atomic E-state index is 14.4. The fraction of sp³-hybridized carbons (Fsp3) is 0.538. The van der Waals surface area contributed by atoms with E-state index in [1.54, 1.807) is 6.07 Å². The van der Waals surface area contributed by atoms with Crippen LogP contribution in [0.3, 0.4) is 0 Å². The third-order valence-corrected chi connectivity index (χ3v) is 3.61. The van der Waals surface area contributed by atoms with E-state index in [0.29, 0.717) is 37.4 Å². The van der Waals surface area contributed by atoms with E-state index in [9.17, 15) is 8.78 Å². The quantitative estimate of drug-likeness (QED) is 0.880. The molecule has 0 spiro atoms. The number of nitrogens with one attached hydrogen (secondary N) is 1. The van der Waals surface area contributed by atoms with Crippen molar-refractivity contribution in [2.75, 3.05) is 19.9 Å². The SMILES string of the molecule is FC(F)(c1ccc2c(c1)OCO2)C1CCNCC1. The standard InChI is InChI=1S/C13H15F2NO2/c14-13(15,9-3-5-16-6-4-9)10-1-2-11-12(7-10)18-8-17-11/h1-2,7,9,16H,3-6,8H2. The molecule has 2 aliphatic heterocycles. The summed E-state index contributed by atoms with van der Waals surface area (Å²) in [5, 5.41) is 3.10. The second-order valence-corrected chi connectivity index (χ2v) is 4.72. The molecule has 0 bridgehead atoms. The van der Waals surface area contributed by atoms with Gasteiger partial charge in [-0.15, -0.1) is 0 Å². The number of fused-ring (bicyclic) bond motifs is 1. The van der Waals surface area contributed by atoms with Gasteiger partial charge in [0.2, 0.25) is 6.79 Å². The van der Waals surface area contributed by atoms with Gasteiger partial charge in [-0.05, 0) is 44.1 Å². The Hall–Kier alpha value is -1.36. The first-order valence-corrected chi connectivity index (χ1v) is 6.16. The van der Waals surface area contributed by atoms with Crippen molar-refractivity contribution in [3.63, 3.8) is 0 Å². The minimum atomic E-state index is -2.80. The predicted molar refractivity (Wildman–Crippen MR) is 62.1 cm³/mol. The average molecular weight is 255 g/mol. The van der Waals surface area contributed by atoms with Crippen LogP contribution in [0.4, 0.5) is 8.78 Å². The minimum absolute atomic E-state index is 0.0265. The Morgan fingerprint density at radius 1 is 1.11 bits per heavy atom. The van der Waals surface area contributed by atoms with Crippen LogP contribution in [-0.4, -0.2) is 19.9 Å². The molecule has 5 heteroatoms. The van der Waals surface area contributed by atoms with Gasteiger partial charge in [0.15, 0.2) is 11.5 Å². The predicted octanol–water partition coefficient (Wildman–Crippen LogP) is 2.51. The van der Waals surface area contributed by atoms with Crippen molar-refractivity contribution in [2.24, 2.45) is 5.92 Å². The zero-order valence-electron chi connectivity index (χ0n) is 9.92. The lowest BCUT2D eigenvalue weighted by Crippen LogP contribution is -2.36. The molecule has 3 rings (SSSR count). The van der Waals surface area contributed by atoms with Crippen LogP contribution in [0.2, 0.25) is 0 Å². The topological polar surface area (TPSA) is 30.5 Å². The molecule has 0 atom stereocenters. The van der Waals surface area contributed by atoms with Crippen LogP contribution in [0.15, 0.2) is 18.2 Å². The van der Waals surface area contributed by atoms with Gasteiger partial charge in [0, 0.05) is 11.5 Å². The Morgan fingerprint density at radius 3 is 2.61 bits per heavy atom. The summed E-state index contributed by atoms with van der Waals surface area (Å²) in [6, 6.07) is 4.41. The highest BCUT2D eigenvalue weighted by Gasteiger charge is 2.42. The van der Waals surface area contributed by atoms with Crippen molar-refractivity contribution < 1.29 is 18.3 Å². The lowest BCUT2D eigenvalue weighted by atomic mass is 9.87. The number of hydrogen-bond donors (Lipinski definition) is 1. The van der Waals surface area contributed by atoms with Gasteiger partial charge in [0.25, 0.3) is 5.92 Å². The Balaban J connectivity index is 1.87. The molecule has 3 nitrogen and oxygen atoms in total. The monoisotopic (exact) mass is 255 g/mol. The normalized spacial score (nSPS) is 20.1. The number of hydrogen-bond acceptors (Lipinski definition) is 3. The van der Waals surface area contributed by atoms with E-state index in [0.717, 1.165) is 0 Å². The molecule has 2 aliphatic rings. The largest absolute Gasteiger partial charge is 0.454 e. The molecule has 18 heavy (non-hydrogen) atoms. The first kappa shape index (κ1) is 11.7. The van der Waals surface area contributed by atoms with Crippen LogP contribution in [0, 0.1) is 5.92 Å². The smallest absolute Gasteiger partial charge is 0.276 e. The van der Waals surface area contributed by atoms with Gasteiger partial charge in [0.1, 0.15) is 0 Å². The molecular weight excluding hydrogens is 240 g/mol. The van der Waals surface area contributed by atoms with Gasteiger partial charge in [0.05, 0.1) is 0 Å². The molecule has 0 aromatic heterocycles. The highest BCUT2D eigenvalue weighted by Crippen LogP contribution is 2.44. The number of ether oxygens (including phenoxy) is 2. The summed E-state index contributed by atoms with van der Waals surface area (Å²) in [5.41, 5.74) is 0.0265. The van der Waals surface area contributed by atoms with E-state index in [2.05, 4.69) is 5.32 Å². The molecule has 1 aromatic rings. The summed E-state index contributed by atoms with van der Waals surface area (Å²) < 4.78 is 39.1. The third kappa shape index (κ3) is 1.92. The average Bonchev–Trinajstić information content (AvgIpc) is 2.87. The Morgan fingerprint density at radius 2 is 1.83 bits per heavy atom. The molecule has 1 saturated heterocycles. The second-order valence-electron chi connectivity index (χ2n) is 4.72. The summed E-state index contributed by atoms with van der Waals surface area (Å²) >= 11 is 0. The Labute approximate surface area is 104 Å². The van der Waals surface area contributed by atoms with Gasteiger partial charge >= 0.3 is 0 Å².